The van der Waals surface area contributed by atoms with E-state index in [2.05, 4.69) is 11.5 Å². The van der Waals surface area contributed by atoms with E-state index in [0.717, 1.165) is 6.07 Å². The molecule has 28 heavy (non-hydrogen) atoms. The number of nitrogens with zero attached hydrogens (tertiary/aromatic N) is 1. The molecule has 0 fully saturated rings. The molecule has 0 N–H and O–H groups in total. The van der Waals surface area contributed by atoms with Crippen molar-refractivity contribution >= 4 is 5.69 Å². The van der Waals surface area contributed by atoms with Gasteiger partial charge in [0.15, 0.2) is 5.83 Å². The smallest absolute Gasteiger partial charge is 0.418 e. The van der Waals surface area contributed by atoms with E-state index in [1.807, 2.05) is 0 Å². The fourth-order valence-electron chi connectivity index (χ4n) is 2.77. The summed E-state index contributed by atoms with van der Waals surface area (Å²) in [4.78, 5) is 1.43. The van der Waals surface area contributed by atoms with Crippen molar-refractivity contribution in [2.24, 2.45) is 0 Å². The molecule has 2 nitrogen and oxygen atoms in total. The molecule has 3 rings (SSSR count). The van der Waals surface area contributed by atoms with E-state index >= 15 is 0 Å². The predicted molar refractivity (Wildman–Crippen MR) is 101 cm³/mol. The minimum absolute atomic E-state index is 0.0200. The molecular weight excluding hydrogens is 370 g/mol. The Bertz CT molecular complexity index is 1020. The van der Waals surface area contributed by atoms with Gasteiger partial charge in [-0.2, -0.15) is 17.6 Å². The van der Waals surface area contributed by atoms with Gasteiger partial charge < -0.3 is 9.64 Å². The molecule has 0 saturated carbocycles. The maximum absolute atomic E-state index is 13.6. The van der Waals surface area contributed by atoms with E-state index < -0.39 is 17.6 Å². The highest BCUT2D eigenvalue weighted by Gasteiger charge is 2.34. The molecule has 1 aliphatic rings. The number of alkyl halides is 3. The third kappa shape index (κ3) is 4.37. The van der Waals surface area contributed by atoms with Gasteiger partial charge in [-0.05, 0) is 53.3 Å². The van der Waals surface area contributed by atoms with Crippen LogP contribution in [0.5, 0.6) is 5.75 Å². The van der Waals surface area contributed by atoms with Gasteiger partial charge in [0.25, 0.3) is 0 Å². The van der Waals surface area contributed by atoms with Crippen molar-refractivity contribution in [1.29, 1.82) is 0 Å². The highest BCUT2D eigenvalue weighted by Crippen LogP contribution is 2.39. The van der Waals surface area contributed by atoms with Crippen LogP contribution in [0.15, 0.2) is 77.5 Å². The van der Waals surface area contributed by atoms with Crippen LogP contribution in [0.1, 0.15) is 5.56 Å². The van der Waals surface area contributed by atoms with Gasteiger partial charge in [-0.15, -0.1) is 0 Å². The third-order valence-corrected chi connectivity index (χ3v) is 4.18. The molecule has 0 spiro atoms. The SMILES string of the molecule is CN(C)c1ccc(-c2cccc(OCC3=CC=C=C=C3F)c2)cc1C(F)(F)F. The Morgan fingerprint density at radius 1 is 1.04 bits per heavy atom. The van der Waals surface area contributed by atoms with Gasteiger partial charge in [-0.3, -0.25) is 0 Å². The van der Waals surface area contributed by atoms with Gasteiger partial charge in [0.05, 0.1) is 5.56 Å². The fraction of sp³-hybridized carbons (Fsp3) is 0.182. The largest absolute Gasteiger partial charge is 0.489 e. The van der Waals surface area contributed by atoms with Gasteiger partial charge in [-0.25, -0.2) is 0 Å². The number of allylic oxidation sites excluding steroid dienone is 2. The molecule has 0 radical (unpaired) electrons. The fourth-order valence-corrected chi connectivity index (χ4v) is 2.77. The maximum Gasteiger partial charge on any atom is 0.418 e. The Morgan fingerprint density at radius 3 is 2.46 bits per heavy atom. The lowest BCUT2D eigenvalue weighted by Crippen LogP contribution is -2.16. The minimum Gasteiger partial charge on any atom is -0.489 e. The molecule has 144 valence electrons. The van der Waals surface area contributed by atoms with Crippen molar-refractivity contribution in [3.05, 3.63) is 83.0 Å². The first kappa shape index (κ1) is 19.6. The van der Waals surface area contributed by atoms with Crippen LogP contribution in [0.3, 0.4) is 0 Å². The summed E-state index contributed by atoms with van der Waals surface area (Å²) in [6.45, 7) is -0.0200. The van der Waals surface area contributed by atoms with Crippen molar-refractivity contribution < 1.29 is 22.3 Å². The summed E-state index contributed by atoms with van der Waals surface area (Å²) in [7, 11) is 3.13. The molecule has 0 amide bonds. The van der Waals surface area contributed by atoms with Crippen molar-refractivity contribution in [3.63, 3.8) is 0 Å². The average molecular weight is 387 g/mol. The molecule has 0 aromatic heterocycles. The van der Waals surface area contributed by atoms with E-state index in [0.29, 0.717) is 22.4 Å². The molecular formula is C22H17F4NO. The van der Waals surface area contributed by atoms with Gasteiger partial charge in [0, 0.05) is 25.4 Å². The second-order valence-electron chi connectivity index (χ2n) is 6.38. The Hall–Kier alpha value is -3.20. The Morgan fingerprint density at radius 2 is 1.79 bits per heavy atom. The summed E-state index contributed by atoms with van der Waals surface area (Å²) in [6.07, 6.45) is -1.41. The number of ether oxygens (including phenoxy) is 1. The van der Waals surface area contributed by atoms with Crippen LogP contribution >= 0.6 is 0 Å². The number of hydrogen-bond acceptors (Lipinski definition) is 2. The number of halogens is 4. The lowest BCUT2D eigenvalue weighted by molar-refractivity contribution is -0.137. The van der Waals surface area contributed by atoms with Gasteiger partial charge in [0.2, 0.25) is 0 Å². The monoisotopic (exact) mass is 387 g/mol. The summed E-state index contributed by atoms with van der Waals surface area (Å²) in [5, 5.41) is 0. The third-order valence-electron chi connectivity index (χ3n) is 4.18. The van der Waals surface area contributed by atoms with Crippen molar-refractivity contribution in [3.8, 4) is 16.9 Å². The number of anilines is 1. The highest BCUT2D eigenvalue weighted by atomic mass is 19.4. The summed E-state index contributed by atoms with van der Waals surface area (Å²) >= 11 is 0. The summed E-state index contributed by atoms with van der Waals surface area (Å²) in [6, 6.07) is 10.9. The lowest BCUT2D eigenvalue weighted by Gasteiger charge is -2.20. The minimum atomic E-state index is -4.47. The van der Waals surface area contributed by atoms with Crippen LogP contribution < -0.4 is 9.64 Å². The zero-order valence-electron chi connectivity index (χ0n) is 15.3. The van der Waals surface area contributed by atoms with Crippen LogP contribution in [0.4, 0.5) is 23.2 Å². The van der Waals surface area contributed by atoms with Gasteiger partial charge in [0.1, 0.15) is 12.4 Å². The molecule has 6 heteroatoms. The highest BCUT2D eigenvalue weighted by molar-refractivity contribution is 5.70. The molecule has 0 unspecified atom stereocenters. The number of rotatable bonds is 5. The summed E-state index contributed by atoms with van der Waals surface area (Å²) < 4.78 is 59.5. The molecule has 2 aromatic carbocycles. The number of benzene rings is 2. The van der Waals surface area contributed by atoms with Crippen LogP contribution in [0, 0.1) is 0 Å². The molecule has 0 heterocycles. The van der Waals surface area contributed by atoms with Crippen molar-refractivity contribution in [1.82, 2.24) is 0 Å². The van der Waals surface area contributed by atoms with Crippen LogP contribution in [-0.2, 0) is 6.18 Å². The Labute approximate surface area is 160 Å². The number of hydrogen-bond donors (Lipinski definition) is 0. The first-order chi connectivity index (χ1) is 13.3. The van der Waals surface area contributed by atoms with E-state index in [-0.39, 0.29) is 12.3 Å². The normalized spacial score (nSPS) is 13.2. The van der Waals surface area contributed by atoms with E-state index in [1.165, 1.54) is 23.1 Å². The maximum atomic E-state index is 13.6. The average Bonchev–Trinajstić information content (AvgIpc) is 2.66. The van der Waals surface area contributed by atoms with E-state index in [1.54, 1.807) is 44.4 Å². The van der Waals surface area contributed by atoms with Crippen molar-refractivity contribution in [2.45, 2.75) is 6.18 Å². The van der Waals surface area contributed by atoms with Gasteiger partial charge >= 0.3 is 6.18 Å². The Balaban J connectivity index is 1.87. The molecule has 0 atom stereocenters. The van der Waals surface area contributed by atoms with Crippen LogP contribution in [0.2, 0.25) is 0 Å². The summed E-state index contributed by atoms with van der Waals surface area (Å²) in [5.74, 6) is -0.122. The van der Waals surface area contributed by atoms with E-state index in [4.69, 9.17) is 4.74 Å². The second kappa shape index (κ2) is 7.81. The quantitative estimate of drug-likeness (QED) is 0.466. The predicted octanol–water partition coefficient (Wildman–Crippen LogP) is 5.92. The zero-order chi connectivity index (χ0) is 20.3. The summed E-state index contributed by atoms with van der Waals surface area (Å²) in [5.41, 5.74) is 5.52. The Kier molecular flexibility index (Phi) is 5.46. The molecule has 1 aliphatic carbocycles. The first-order valence-corrected chi connectivity index (χ1v) is 8.44. The zero-order valence-corrected chi connectivity index (χ0v) is 15.3. The second-order valence-corrected chi connectivity index (χ2v) is 6.38. The topological polar surface area (TPSA) is 12.5 Å². The molecule has 2 aromatic rings. The van der Waals surface area contributed by atoms with E-state index in [9.17, 15) is 17.6 Å². The lowest BCUT2D eigenvalue weighted by atomic mass is 10.0. The van der Waals surface area contributed by atoms with Crippen LogP contribution in [0.25, 0.3) is 11.1 Å². The standard InChI is InChI=1S/C22H17F4NO/c1-27(2)21-11-10-16(13-19(21)22(24,25)26)15-7-5-8-18(12-15)28-14-17-6-3-4-9-20(17)23/h3,5-8,10-13H,14H2,1-2H3. The van der Waals surface area contributed by atoms with Crippen LogP contribution in [-0.4, -0.2) is 20.7 Å². The molecule has 0 bridgehead atoms. The van der Waals surface area contributed by atoms with Gasteiger partial charge in [-0.1, -0.05) is 23.9 Å². The molecule has 0 aliphatic heterocycles. The van der Waals surface area contributed by atoms with Crippen molar-refractivity contribution in [2.75, 3.05) is 25.6 Å². The first-order valence-electron chi connectivity index (χ1n) is 8.44. The molecule has 0 saturated heterocycles.